The molecule has 128 valence electrons. The molecule has 4 atom stereocenters. The molecule has 0 aliphatic carbocycles. The van der Waals surface area contributed by atoms with E-state index in [4.69, 9.17) is 10.5 Å². The van der Waals surface area contributed by atoms with E-state index >= 15 is 0 Å². The average molecular weight is 337 g/mol. The molecule has 0 radical (unpaired) electrons. The number of nitrogen functional groups attached to an aromatic ring is 1. The first-order valence-corrected chi connectivity index (χ1v) is 8.47. The third-order valence-electron chi connectivity index (χ3n) is 5.13. The lowest BCUT2D eigenvalue weighted by Crippen LogP contribution is -2.39. The van der Waals surface area contributed by atoms with E-state index in [0.29, 0.717) is 5.82 Å². The van der Waals surface area contributed by atoms with E-state index < -0.39 is 6.10 Å². The smallest absolute Gasteiger partial charge is 0.126 e. The molecule has 2 bridgehead atoms. The van der Waals surface area contributed by atoms with Gasteiger partial charge in [-0.05, 0) is 18.6 Å². The lowest BCUT2D eigenvalue weighted by atomic mass is 9.92. The lowest BCUT2D eigenvalue weighted by Gasteiger charge is -2.25. The van der Waals surface area contributed by atoms with E-state index in [1.54, 1.807) is 6.20 Å². The predicted molar refractivity (Wildman–Crippen MR) is 95.0 cm³/mol. The first-order chi connectivity index (χ1) is 12.2. The molecule has 2 aliphatic rings. The van der Waals surface area contributed by atoms with Gasteiger partial charge in [-0.1, -0.05) is 12.1 Å². The van der Waals surface area contributed by atoms with Crippen molar-refractivity contribution in [2.75, 3.05) is 11.1 Å². The normalized spacial score (nSPS) is 27.9. The van der Waals surface area contributed by atoms with Crippen molar-refractivity contribution in [1.82, 2.24) is 15.2 Å². The highest BCUT2D eigenvalue weighted by Gasteiger charge is 2.47. The Kier molecular flexibility index (Phi) is 3.19. The Balaban J connectivity index is 1.52. The zero-order chi connectivity index (χ0) is 17.0. The minimum absolute atomic E-state index is 0.0889. The van der Waals surface area contributed by atoms with Crippen molar-refractivity contribution < 1.29 is 9.84 Å². The lowest BCUT2D eigenvalue weighted by molar-refractivity contribution is 0.0494. The summed E-state index contributed by atoms with van der Waals surface area (Å²) in [6, 6.07) is 9.91. The number of anilines is 2. The summed E-state index contributed by atoms with van der Waals surface area (Å²) in [5, 5.41) is 21.5. The van der Waals surface area contributed by atoms with Crippen LogP contribution in [0.2, 0.25) is 0 Å². The van der Waals surface area contributed by atoms with Gasteiger partial charge in [0.25, 0.3) is 0 Å². The zero-order valence-corrected chi connectivity index (χ0v) is 13.5. The van der Waals surface area contributed by atoms with Crippen LogP contribution in [-0.4, -0.2) is 44.6 Å². The van der Waals surface area contributed by atoms with Crippen LogP contribution in [0, 0.1) is 0 Å². The quantitative estimate of drug-likeness (QED) is 0.581. The van der Waals surface area contributed by atoms with Crippen LogP contribution in [0.1, 0.15) is 12.8 Å². The zero-order valence-electron chi connectivity index (χ0n) is 13.5. The van der Waals surface area contributed by atoms with Crippen LogP contribution < -0.4 is 11.1 Å². The SMILES string of the molecule is Nc1cc(N[C@@H]2C[C@H]3C[C@H](O)[C@@H]2O3)c2ccc(-c3ccn[nH]3)cc2n1. The number of pyridine rings is 1. The number of nitrogens with zero attached hydrogens (tertiary/aromatic N) is 2. The van der Waals surface area contributed by atoms with E-state index in [1.807, 2.05) is 30.3 Å². The third kappa shape index (κ3) is 2.43. The number of rotatable bonds is 3. The van der Waals surface area contributed by atoms with Gasteiger partial charge < -0.3 is 20.9 Å². The van der Waals surface area contributed by atoms with Crippen LogP contribution in [0.25, 0.3) is 22.2 Å². The average Bonchev–Trinajstić information content (AvgIpc) is 3.30. The number of nitrogens with two attached hydrogens (primary N) is 1. The fourth-order valence-corrected chi connectivity index (χ4v) is 4.00. The van der Waals surface area contributed by atoms with Crippen LogP contribution in [0.3, 0.4) is 0 Å². The van der Waals surface area contributed by atoms with Crippen LogP contribution >= 0.6 is 0 Å². The van der Waals surface area contributed by atoms with Gasteiger partial charge in [0.1, 0.15) is 11.9 Å². The third-order valence-corrected chi connectivity index (χ3v) is 5.13. The van der Waals surface area contributed by atoms with E-state index in [9.17, 15) is 5.11 Å². The second-order valence-electron chi connectivity index (χ2n) is 6.81. The number of nitrogens with one attached hydrogen (secondary N) is 2. The largest absolute Gasteiger partial charge is 0.390 e. The standard InChI is InChI=1S/C18H19N5O2/c19-17-8-14(21-15-6-10-7-16(24)18(15)25-10)11-2-1-9(5-13(11)22-17)12-3-4-20-23-12/h1-5,8,10,15-16,18,24H,6-7H2,(H,20,23)(H3,19,21,22)/t10-,15+,16-,18+/m0/s1. The van der Waals surface area contributed by atoms with E-state index in [-0.39, 0.29) is 18.2 Å². The highest BCUT2D eigenvalue weighted by molar-refractivity contribution is 5.95. The highest BCUT2D eigenvalue weighted by atomic mass is 16.5. The molecule has 2 aliphatic heterocycles. The molecule has 2 saturated heterocycles. The summed E-state index contributed by atoms with van der Waals surface area (Å²) in [7, 11) is 0. The number of aromatic amines is 1. The summed E-state index contributed by atoms with van der Waals surface area (Å²) in [5.74, 6) is 0.460. The molecule has 2 aromatic heterocycles. The van der Waals surface area contributed by atoms with Crippen LogP contribution in [0.15, 0.2) is 36.5 Å². The Morgan fingerprint density at radius 3 is 2.92 bits per heavy atom. The molecule has 5 N–H and O–H groups in total. The maximum atomic E-state index is 10.1. The Bertz CT molecular complexity index is 927. The molecular weight excluding hydrogens is 318 g/mol. The summed E-state index contributed by atoms with van der Waals surface area (Å²) < 4.78 is 5.81. The van der Waals surface area contributed by atoms with Crippen molar-refractivity contribution in [1.29, 1.82) is 0 Å². The van der Waals surface area contributed by atoms with Crippen molar-refractivity contribution in [2.45, 2.75) is 37.2 Å². The number of H-pyrrole nitrogens is 1. The Morgan fingerprint density at radius 2 is 2.16 bits per heavy atom. The number of ether oxygens (including phenoxy) is 1. The van der Waals surface area contributed by atoms with E-state index in [2.05, 4.69) is 20.5 Å². The fourth-order valence-electron chi connectivity index (χ4n) is 4.00. The summed E-state index contributed by atoms with van der Waals surface area (Å²) in [5.41, 5.74) is 9.70. The van der Waals surface area contributed by atoms with Gasteiger partial charge >= 0.3 is 0 Å². The summed E-state index contributed by atoms with van der Waals surface area (Å²) >= 11 is 0. The van der Waals surface area contributed by atoms with Crippen LogP contribution in [-0.2, 0) is 4.74 Å². The molecule has 7 nitrogen and oxygen atoms in total. The molecule has 3 aromatic rings. The fraction of sp³-hybridized carbons (Fsp3) is 0.333. The molecule has 5 rings (SSSR count). The van der Waals surface area contributed by atoms with Gasteiger partial charge in [0.15, 0.2) is 0 Å². The summed E-state index contributed by atoms with van der Waals surface area (Å²) in [4.78, 5) is 4.47. The summed E-state index contributed by atoms with van der Waals surface area (Å²) in [6.07, 6.45) is 2.95. The Labute approximate surface area is 144 Å². The van der Waals surface area contributed by atoms with Crippen molar-refractivity contribution in [3.05, 3.63) is 36.5 Å². The van der Waals surface area contributed by atoms with Crippen molar-refractivity contribution in [3.63, 3.8) is 0 Å². The Hall–Kier alpha value is -2.64. The van der Waals surface area contributed by atoms with Gasteiger partial charge in [-0.3, -0.25) is 5.10 Å². The van der Waals surface area contributed by atoms with Crippen LogP contribution in [0.5, 0.6) is 0 Å². The number of benzene rings is 1. The van der Waals surface area contributed by atoms with Crippen LogP contribution in [0.4, 0.5) is 11.5 Å². The number of aliphatic hydroxyl groups is 1. The molecule has 0 spiro atoms. The van der Waals surface area contributed by atoms with Crippen molar-refractivity contribution in [3.8, 4) is 11.3 Å². The molecule has 2 fully saturated rings. The molecule has 25 heavy (non-hydrogen) atoms. The number of hydrogen-bond acceptors (Lipinski definition) is 6. The number of aliphatic hydroxyl groups excluding tert-OH is 1. The molecule has 1 aromatic carbocycles. The minimum atomic E-state index is -0.395. The van der Waals surface area contributed by atoms with Gasteiger partial charge in [0, 0.05) is 35.3 Å². The van der Waals surface area contributed by atoms with Gasteiger partial charge in [-0.25, -0.2) is 4.98 Å². The molecule has 0 saturated carbocycles. The van der Waals surface area contributed by atoms with Gasteiger partial charge in [0.05, 0.1) is 29.5 Å². The molecule has 7 heteroatoms. The molecule has 0 unspecified atom stereocenters. The molecular formula is C18H19N5O2. The maximum absolute atomic E-state index is 10.1. The first-order valence-electron chi connectivity index (χ1n) is 8.47. The minimum Gasteiger partial charge on any atom is -0.390 e. The summed E-state index contributed by atoms with van der Waals surface area (Å²) in [6.45, 7) is 0. The number of aromatic nitrogens is 3. The number of fused-ring (bicyclic) bond motifs is 3. The van der Waals surface area contributed by atoms with E-state index in [1.165, 1.54) is 0 Å². The number of hydrogen-bond donors (Lipinski definition) is 4. The van der Waals surface area contributed by atoms with E-state index in [0.717, 1.165) is 40.7 Å². The second-order valence-corrected chi connectivity index (χ2v) is 6.81. The molecule has 4 heterocycles. The first kappa shape index (κ1) is 14.7. The van der Waals surface area contributed by atoms with Gasteiger partial charge in [-0.15, -0.1) is 0 Å². The van der Waals surface area contributed by atoms with Crippen molar-refractivity contribution >= 4 is 22.4 Å². The monoisotopic (exact) mass is 337 g/mol. The maximum Gasteiger partial charge on any atom is 0.126 e. The Morgan fingerprint density at radius 1 is 1.24 bits per heavy atom. The predicted octanol–water partition coefficient (Wildman–Crippen LogP) is 1.91. The molecule has 0 amide bonds. The van der Waals surface area contributed by atoms with Crippen molar-refractivity contribution in [2.24, 2.45) is 0 Å². The topological polar surface area (TPSA) is 109 Å². The van der Waals surface area contributed by atoms with Gasteiger partial charge in [0.2, 0.25) is 0 Å². The highest BCUT2D eigenvalue weighted by Crippen LogP contribution is 2.38. The second kappa shape index (κ2) is 5.44. The van der Waals surface area contributed by atoms with Gasteiger partial charge in [-0.2, -0.15) is 5.10 Å².